The first kappa shape index (κ1) is 16.9. The van der Waals surface area contributed by atoms with Gasteiger partial charge in [-0.2, -0.15) is 0 Å². The summed E-state index contributed by atoms with van der Waals surface area (Å²) in [7, 11) is 1.35. The molecular weight excluding hydrogens is 236 g/mol. The Labute approximate surface area is 108 Å². The van der Waals surface area contributed by atoms with E-state index in [2.05, 4.69) is 4.74 Å². The third-order valence-electron chi connectivity index (χ3n) is 2.38. The number of unbranched alkanes of at least 4 members (excludes halogenated alkanes) is 1. The van der Waals surface area contributed by atoms with Gasteiger partial charge in [-0.05, 0) is 18.8 Å². The quantitative estimate of drug-likeness (QED) is 0.504. The van der Waals surface area contributed by atoms with Gasteiger partial charge in [0.2, 0.25) is 0 Å². The molecule has 0 saturated carbocycles. The largest absolute Gasteiger partial charge is 0.469 e. The van der Waals surface area contributed by atoms with Gasteiger partial charge in [-0.1, -0.05) is 20.3 Å². The van der Waals surface area contributed by atoms with Gasteiger partial charge in [0.1, 0.15) is 0 Å². The van der Waals surface area contributed by atoms with Gasteiger partial charge < -0.3 is 14.6 Å². The fourth-order valence-electron chi connectivity index (χ4n) is 1.36. The number of carbonyl (C=O) groups excluding carboxylic acids is 2. The van der Waals surface area contributed by atoms with Gasteiger partial charge in [-0.25, -0.2) is 0 Å². The molecule has 0 amide bonds. The molecule has 0 aromatic rings. The lowest BCUT2D eigenvalue weighted by Crippen LogP contribution is -2.17. The minimum Gasteiger partial charge on any atom is -0.469 e. The van der Waals surface area contributed by atoms with Gasteiger partial charge in [0.25, 0.3) is 0 Å². The van der Waals surface area contributed by atoms with Crippen molar-refractivity contribution in [2.75, 3.05) is 13.7 Å². The number of hydrogen-bond acceptors (Lipinski definition) is 5. The Kier molecular flexibility index (Phi) is 9.28. The Morgan fingerprint density at radius 3 is 2.39 bits per heavy atom. The molecule has 0 unspecified atom stereocenters. The van der Waals surface area contributed by atoms with Crippen molar-refractivity contribution in [2.45, 2.75) is 52.1 Å². The fraction of sp³-hybridized carbons (Fsp3) is 0.846. The van der Waals surface area contributed by atoms with E-state index in [-0.39, 0.29) is 18.4 Å². The van der Waals surface area contributed by atoms with Crippen LogP contribution in [0, 0.1) is 5.92 Å². The zero-order valence-electron chi connectivity index (χ0n) is 11.5. The molecule has 106 valence electrons. The van der Waals surface area contributed by atoms with E-state index in [1.54, 1.807) is 0 Å². The number of aliphatic hydroxyl groups is 1. The number of ether oxygens (including phenoxy) is 2. The summed E-state index contributed by atoms with van der Waals surface area (Å²) >= 11 is 0. The van der Waals surface area contributed by atoms with Crippen molar-refractivity contribution in [3.05, 3.63) is 0 Å². The third kappa shape index (κ3) is 10.1. The van der Waals surface area contributed by atoms with Crippen molar-refractivity contribution >= 4 is 11.9 Å². The van der Waals surface area contributed by atoms with Crippen molar-refractivity contribution in [3.63, 3.8) is 0 Å². The lowest BCUT2D eigenvalue weighted by Gasteiger charge is -2.11. The summed E-state index contributed by atoms with van der Waals surface area (Å²) < 4.78 is 9.46. The first-order chi connectivity index (χ1) is 8.45. The van der Waals surface area contributed by atoms with Gasteiger partial charge in [-0.3, -0.25) is 9.59 Å². The molecule has 0 aliphatic rings. The minimum atomic E-state index is -0.692. The first-order valence-electron chi connectivity index (χ1n) is 6.36. The van der Waals surface area contributed by atoms with E-state index in [1.807, 2.05) is 13.8 Å². The first-order valence-corrected chi connectivity index (χ1v) is 6.36. The summed E-state index contributed by atoms with van der Waals surface area (Å²) in [6.07, 6.45) is 1.51. The third-order valence-corrected chi connectivity index (χ3v) is 2.38. The van der Waals surface area contributed by atoms with Crippen LogP contribution < -0.4 is 0 Å². The van der Waals surface area contributed by atoms with Crippen LogP contribution in [0.3, 0.4) is 0 Å². The van der Waals surface area contributed by atoms with Crippen LogP contribution in [0.2, 0.25) is 0 Å². The van der Waals surface area contributed by atoms with Crippen LogP contribution in [0.25, 0.3) is 0 Å². The molecule has 0 saturated heterocycles. The lowest BCUT2D eigenvalue weighted by molar-refractivity contribution is -0.147. The molecule has 0 fully saturated rings. The summed E-state index contributed by atoms with van der Waals surface area (Å²) in [5.74, 6) is -0.323. The molecule has 0 heterocycles. The lowest BCUT2D eigenvalue weighted by atomic mass is 10.1. The molecule has 1 atom stereocenters. The van der Waals surface area contributed by atoms with E-state index in [1.165, 1.54) is 7.11 Å². The monoisotopic (exact) mass is 260 g/mol. The molecule has 0 rings (SSSR count). The van der Waals surface area contributed by atoms with E-state index < -0.39 is 6.10 Å². The number of aliphatic hydroxyl groups excluding tert-OH is 1. The molecule has 5 nitrogen and oxygen atoms in total. The van der Waals surface area contributed by atoms with Crippen molar-refractivity contribution in [1.29, 1.82) is 0 Å². The van der Waals surface area contributed by atoms with E-state index >= 15 is 0 Å². The Hall–Kier alpha value is -1.10. The van der Waals surface area contributed by atoms with Gasteiger partial charge in [0, 0.05) is 6.42 Å². The van der Waals surface area contributed by atoms with E-state index in [0.29, 0.717) is 38.2 Å². The molecular formula is C13H24O5. The molecule has 0 aliphatic carbocycles. The van der Waals surface area contributed by atoms with E-state index in [9.17, 15) is 14.7 Å². The van der Waals surface area contributed by atoms with Gasteiger partial charge in [0.15, 0.2) is 0 Å². The highest BCUT2D eigenvalue weighted by Crippen LogP contribution is 2.08. The van der Waals surface area contributed by atoms with Gasteiger partial charge >= 0.3 is 11.9 Å². The van der Waals surface area contributed by atoms with Gasteiger partial charge in [0.05, 0.1) is 26.2 Å². The maximum absolute atomic E-state index is 11.3. The molecule has 18 heavy (non-hydrogen) atoms. The molecule has 0 aliphatic heterocycles. The normalized spacial score (nSPS) is 12.3. The van der Waals surface area contributed by atoms with Crippen molar-refractivity contribution in [1.82, 2.24) is 0 Å². The number of hydrogen-bond donors (Lipinski definition) is 1. The highest BCUT2D eigenvalue weighted by Gasteiger charge is 2.12. The van der Waals surface area contributed by atoms with E-state index in [0.717, 1.165) is 0 Å². The number of carbonyl (C=O) groups is 2. The van der Waals surface area contributed by atoms with Crippen LogP contribution in [0.1, 0.15) is 46.0 Å². The molecule has 0 bridgehead atoms. The average molecular weight is 260 g/mol. The topological polar surface area (TPSA) is 72.8 Å². The molecule has 5 heteroatoms. The second-order valence-electron chi connectivity index (χ2n) is 4.76. The Morgan fingerprint density at radius 1 is 1.17 bits per heavy atom. The standard InChI is InChI=1S/C13H24O5/c1-10(2)9-18-13(16)8-11(14)6-4-5-7-12(15)17-3/h10-11,14H,4-9H2,1-3H3/t11-/m0/s1. The van der Waals surface area contributed by atoms with Crippen LogP contribution in [0.5, 0.6) is 0 Å². The fourth-order valence-corrected chi connectivity index (χ4v) is 1.36. The summed E-state index contributed by atoms with van der Waals surface area (Å²) in [6, 6.07) is 0. The SMILES string of the molecule is COC(=O)CCCC[C@H](O)CC(=O)OCC(C)C. The molecule has 0 aromatic carbocycles. The highest BCUT2D eigenvalue weighted by atomic mass is 16.5. The van der Waals surface area contributed by atoms with Crippen LogP contribution in [-0.4, -0.2) is 36.9 Å². The Morgan fingerprint density at radius 2 is 1.83 bits per heavy atom. The zero-order valence-corrected chi connectivity index (χ0v) is 11.5. The summed E-state index contributed by atoms with van der Waals surface area (Å²) in [5.41, 5.74) is 0. The van der Waals surface area contributed by atoms with Crippen LogP contribution in [0.15, 0.2) is 0 Å². The van der Waals surface area contributed by atoms with Crippen molar-refractivity contribution < 1.29 is 24.2 Å². The Balaban J connectivity index is 3.55. The van der Waals surface area contributed by atoms with Crippen molar-refractivity contribution in [3.8, 4) is 0 Å². The molecule has 1 N–H and O–H groups in total. The second kappa shape index (κ2) is 9.88. The van der Waals surface area contributed by atoms with Gasteiger partial charge in [-0.15, -0.1) is 0 Å². The molecule has 0 spiro atoms. The number of methoxy groups -OCH3 is 1. The number of esters is 2. The summed E-state index contributed by atoms with van der Waals surface area (Å²) in [4.78, 5) is 22.1. The second-order valence-corrected chi connectivity index (χ2v) is 4.76. The van der Waals surface area contributed by atoms with Crippen LogP contribution in [0.4, 0.5) is 0 Å². The van der Waals surface area contributed by atoms with Crippen molar-refractivity contribution in [2.24, 2.45) is 5.92 Å². The Bertz CT molecular complexity index is 250. The molecule has 0 radical (unpaired) electrons. The van der Waals surface area contributed by atoms with Crippen LogP contribution in [-0.2, 0) is 19.1 Å². The predicted octanol–water partition coefficient (Wildman–Crippen LogP) is 1.67. The van der Waals surface area contributed by atoms with E-state index in [4.69, 9.17) is 4.74 Å². The van der Waals surface area contributed by atoms with Crippen LogP contribution >= 0.6 is 0 Å². The average Bonchev–Trinajstić information content (AvgIpc) is 2.31. The smallest absolute Gasteiger partial charge is 0.308 e. The highest BCUT2D eigenvalue weighted by molar-refractivity contribution is 5.70. The summed E-state index contributed by atoms with van der Waals surface area (Å²) in [6.45, 7) is 4.29. The zero-order chi connectivity index (χ0) is 14.0. The maximum atomic E-state index is 11.3. The molecule has 0 aromatic heterocycles. The minimum absolute atomic E-state index is 0.0188. The predicted molar refractivity (Wildman–Crippen MR) is 66.9 cm³/mol. The maximum Gasteiger partial charge on any atom is 0.308 e. The summed E-state index contributed by atoms with van der Waals surface area (Å²) in [5, 5.41) is 9.59. The number of rotatable bonds is 9.